The Morgan fingerprint density at radius 3 is 1.40 bits per heavy atom. The first kappa shape index (κ1) is 98.7. The van der Waals surface area contributed by atoms with E-state index in [1.54, 1.807) is 33.3 Å². The fourth-order valence-electron chi connectivity index (χ4n) is 7.69. The van der Waals surface area contributed by atoms with Gasteiger partial charge in [-0.25, -0.2) is 13.2 Å². The van der Waals surface area contributed by atoms with Crippen molar-refractivity contribution in [2.24, 2.45) is 10.8 Å². The van der Waals surface area contributed by atoms with Crippen molar-refractivity contribution < 1.29 is 69.3 Å². The van der Waals surface area contributed by atoms with Gasteiger partial charge in [0.2, 0.25) is 6.10 Å². The number of halogens is 3. The molecule has 0 saturated heterocycles. The number of rotatable bonds is 20. The van der Waals surface area contributed by atoms with Gasteiger partial charge in [0.15, 0.2) is 21.3 Å². The second kappa shape index (κ2) is 47.5. The summed E-state index contributed by atoms with van der Waals surface area (Å²) in [5, 5.41) is 11.7. The van der Waals surface area contributed by atoms with Gasteiger partial charge in [0.1, 0.15) is 23.4 Å². The minimum Gasteiger partial charge on any atom is -0.748 e. The molecule has 0 aliphatic heterocycles. The van der Waals surface area contributed by atoms with Crippen molar-refractivity contribution in [1.82, 2.24) is 0 Å². The van der Waals surface area contributed by atoms with E-state index in [1.807, 2.05) is 94.4 Å². The maximum absolute atomic E-state index is 12.5. The highest BCUT2D eigenvalue weighted by atomic mass is 32.2. The largest absolute Gasteiger partial charge is 0.748 e. The second-order valence-electron chi connectivity index (χ2n) is 22.1. The van der Waals surface area contributed by atoms with Crippen LogP contribution in [0.4, 0.5) is 13.2 Å². The Morgan fingerprint density at radius 1 is 0.526 bits per heavy atom. The van der Waals surface area contributed by atoms with Gasteiger partial charge in [0, 0.05) is 12.1 Å². The van der Waals surface area contributed by atoms with Gasteiger partial charge in [-0.1, -0.05) is 210 Å². The van der Waals surface area contributed by atoms with Crippen LogP contribution in [-0.4, -0.2) is 74.8 Å². The van der Waals surface area contributed by atoms with E-state index in [0.717, 1.165) is 29.9 Å². The van der Waals surface area contributed by atoms with Crippen LogP contribution in [0, 0.1) is 17.8 Å². The van der Waals surface area contributed by atoms with Crippen LogP contribution >= 0.6 is 0 Å². The lowest BCUT2D eigenvalue weighted by Crippen LogP contribution is -2.40. The van der Waals surface area contributed by atoms with Gasteiger partial charge in [0.25, 0.3) is 0 Å². The number of esters is 3. The lowest BCUT2D eigenvalue weighted by molar-refractivity contribution is -0.217. The van der Waals surface area contributed by atoms with Crippen LogP contribution in [0.2, 0.25) is 0 Å². The molecule has 0 aliphatic carbocycles. The predicted molar refractivity (Wildman–Crippen MR) is 393 cm³/mol. The highest BCUT2D eigenvalue weighted by Crippen LogP contribution is 2.35. The van der Waals surface area contributed by atoms with E-state index < -0.39 is 57.5 Å². The van der Waals surface area contributed by atoms with Gasteiger partial charge in [-0.2, -0.15) is 13.2 Å². The summed E-state index contributed by atoms with van der Waals surface area (Å²) < 4.78 is 93.2. The Bertz CT molecular complexity index is 3290. The molecule has 0 amide bonds. The van der Waals surface area contributed by atoms with Gasteiger partial charge >= 0.3 is 24.1 Å². The molecule has 536 valence electrons. The van der Waals surface area contributed by atoms with E-state index in [2.05, 4.69) is 135 Å². The highest BCUT2D eigenvalue weighted by Gasteiger charge is 2.44. The van der Waals surface area contributed by atoms with Crippen LogP contribution in [0.3, 0.4) is 0 Å². The number of aromatic hydroxyl groups is 1. The predicted octanol–water partition coefficient (Wildman–Crippen LogP) is 22.2. The van der Waals surface area contributed by atoms with E-state index in [0.29, 0.717) is 24.0 Å². The number of benzene rings is 7. The fourth-order valence-corrected chi connectivity index (χ4v) is 10.5. The number of alkyl halides is 3. The molecule has 0 bridgehead atoms. The van der Waals surface area contributed by atoms with E-state index >= 15 is 0 Å². The summed E-state index contributed by atoms with van der Waals surface area (Å²) in [4.78, 5) is 38.3. The third-order valence-corrected chi connectivity index (χ3v) is 17.4. The summed E-state index contributed by atoms with van der Waals surface area (Å²) in [6.45, 7) is 22.3. The molecule has 4 unspecified atom stereocenters. The fraction of sp³-hybridized carbons (Fsp3) is 0.449. The quantitative estimate of drug-likeness (QED) is 0.0331. The highest BCUT2D eigenvalue weighted by molar-refractivity contribution is 7.97. The molecule has 0 heterocycles. The molecule has 4 atom stereocenters. The zero-order chi connectivity index (χ0) is 65.1. The van der Waals surface area contributed by atoms with E-state index in [1.165, 1.54) is 62.4 Å². The van der Waals surface area contributed by atoms with Crippen molar-refractivity contribution in [2.45, 2.75) is 213 Å². The first-order valence-electron chi connectivity index (χ1n) is 28.9. The number of aryl methyl sites for hydroxylation is 1. The smallest absolute Gasteiger partial charge is 0.426 e. The third kappa shape index (κ3) is 34.3. The number of fused-ring (bicyclic) bond motifs is 1. The van der Waals surface area contributed by atoms with Gasteiger partial charge in [-0.15, -0.1) is 0 Å². The molecule has 7 aromatic carbocycles. The summed E-state index contributed by atoms with van der Waals surface area (Å²) in [5.74, 6) is -1.16. The molecule has 0 aliphatic rings. The normalized spacial score (nSPS) is 11.7. The summed E-state index contributed by atoms with van der Waals surface area (Å²) >= 11 is 0. The van der Waals surface area contributed by atoms with Crippen molar-refractivity contribution in [1.29, 1.82) is 0 Å². The monoisotopic (exact) mass is 1370 g/mol. The van der Waals surface area contributed by atoms with Crippen molar-refractivity contribution in [3.63, 3.8) is 0 Å². The van der Waals surface area contributed by atoms with Crippen molar-refractivity contribution in [3.05, 3.63) is 192 Å². The Kier molecular flexibility index (Phi) is 49.4. The molecule has 0 radical (unpaired) electrons. The minimum absolute atomic E-state index is 0. The number of hydrogen-bond acceptors (Lipinski definition) is 12. The SMILES string of the molecule is C.C.C.C.C.C.C.C.CCC(C)(C)C(=O)OC(C)c1ccccc1.CCC(C)(C)C(=O)OCC(=O)OC(CS(=O)(=O)[O-])C(F)(F)F.CCC(C)c1ccc(O)cc1.CCC(C)c1ccc2ccccc2c1.COc1cccc([S+](c2cccc(C)c2)c2cccc(OC)c2)c1. The van der Waals surface area contributed by atoms with Crippen LogP contribution in [0.5, 0.6) is 17.2 Å². The van der Waals surface area contributed by atoms with E-state index in [9.17, 15) is 40.5 Å². The Balaban J connectivity index is -0.000000261. The van der Waals surface area contributed by atoms with Gasteiger partial charge in [-0.3, -0.25) is 9.59 Å². The average Bonchev–Trinajstić information content (AvgIpc) is 0.814. The number of phenols is 1. The zero-order valence-corrected chi connectivity index (χ0v) is 54.2. The Morgan fingerprint density at radius 2 is 0.958 bits per heavy atom. The van der Waals surface area contributed by atoms with Crippen molar-refractivity contribution >= 4 is 49.7 Å². The number of carbonyl (C=O) groups excluding carboxylic acids is 3. The molecular formula is C78H119F3O12S2. The Labute approximate surface area is 575 Å². The number of methoxy groups -OCH3 is 2. The molecule has 1 N–H and O–H groups in total. The van der Waals surface area contributed by atoms with Crippen molar-refractivity contribution in [2.75, 3.05) is 26.6 Å². The van der Waals surface area contributed by atoms with E-state index in [-0.39, 0.29) is 82.4 Å². The van der Waals surface area contributed by atoms with Crippen LogP contribution < -0.4 is 9.47 Å². The molecular weight excluding hydrogens is 1250 g/mol. The van der Waals surface area contributed by atoms with Crippen LogP contribution in [0.25, 0.3) is 10.8 Å². The summed E-state index contributed by atoms with van der Waals surface area (Å²) in [6, 6.07) is 57.8. The van der Waals surface area contributed by atoms with Crippen LogP contribution in [0.15, 0.2) is 185 Å². The molecule has 0 aromatic heterocycles. The molecule has 0 spiro atoms. The summed E-state index contributed by atoms with van der Waals surface area (Å²) in [7, 11) is -2.07. The van der Waals surface area contributed by atoms with Crippen molar-refractivity contribution in [3.8, 4) is 17.2 Å². The lowest BCUT2D eigenvalue weighted by Gasteiger charge is -2.23. The first-order chi connectivity index (χ1) is 40.9. The number of hydrogen-bond donors (Lipinski definition) is 1. The average molecular weight is 1370 g/mol. The van der Waals surface area contributed by atoms with Crippen LogP contribution in [0.1, 0.15) is 201 Å². The van der Waals surface area contributed by atoms with E-state index in [4.69, 9.17) is 19.3 Å². The minimum atomic E-state index is -5.27. The topological polar surface area (TPSA) is 175 Å². The summed E-state index contributed by atoms with van der Waals surface area (Å²) in [6.07, 6.45) is -5.03. The summed E-state index contributed by atoms with van der Waals surface area (Å²) in [5.41, 5.74) is 3.69. The van der Waals surface area contributed by atoms with Gasteiger partial charge < -0.3 is 33.3 Å². The molecule has 0 saturated carbocycles. The molecule has 0 fully saturated rings. The third-order valence-electron chi connectivity index (χ3n) is 14.5. The maximum Gasteiger partial charge on any atom is 0.426 e. The number of carbonyl (C=O) groups is 3. The van der Waals surface area contributed by atoms with Gasteiger partial charge in [0.05, 0.1) is 51.8 Å². The Hall–Kier alpha value is -7.34. The standard InChI is InChI=1S/C21H21O2S.C14H20O2.C14H16.C11H17F3O7S.C10H14O.8CH4/c1-16-7-4-10-19(13-16)24(20-11-5-8-17(14-20)22-2)21-12-6-9-18(15-21)23-3;1-5-14(3,4)13(15)16-11(2)12-9-7-6-8-10-12;1-3-11(2)13-9-8-12-6-4-5-7-14(12)10-13;1-4-10(2,3)9(16)20-5-8(15)21-7(11(12,13)14)6-22(17,18)19;1-3-8(2)9-4-6-10(11)7-5-9;;;;;;;;/h4-15H,1-3H3;6-11H,5H2,1-4H3;4-11H,3H2,1-2H3;7H,4-6H2,1-3H3,(H,17,18,19);4-8,11H,3H2,1-2H3;8*1H4/q+1;;;;;;;;;;;;/p-1. The molecule has 7 aromatic rings. The molecule has 7 rings (SSSR count). The second-order valence-corrected chi connectivity index (χ2v) is 25.5. The molecule has 95 heavy (non-hydrogen) atoms. The number of ether oxygens (including phenoxy) is 5. The lowest BCUT2D eigenvalue weighted by atomic mass is 9.90. The number of phenolic OH excluding ortho intramolecular Hbond substituents is 1. The van der Waals surface area contributed by atoms with Crippen LogP contribution in [-0.2, 0) is 49.6 Å². The molecule has 12 nitrogen and oxygen atoms in total. The molecule has 17 heteroatoms. The first-order valence-corrected chi connectivity index (χ1v) is 31.7. The van der Waals surface area contributed by atoms with Gasteiger partial charge in [-0.05, 0) is 161 Å². The maximum atomic E-state index is 12.5. The zero-order valence-electron chi connectivity index (χ0n) is 52.6.